The zero-order valence-corrected chi connectivity index (χ0v) is 89.4. The number of methoxy groups -OCH3 is 3. The number of carbonyl (C=O) groups is 3. The van der Waals surface area contributed by atoms with E-state index in [1.54, 1.807) is 50.8 Å². The summed E-state index contributed by atoms with van der Waals surface area (Å²) in [5.41, 5.74) is 9.45. The van der Waals surface area contributed by atoms with Gasteiger partial charge in [-0.05, 0) is 345 Å². The number of halogens is 3. The van der Waals surface area contributed by atoms with Gasteiger partial charge in [-0.2, -0.15) is 0 Å². The van der Waals surface area contributed by atoms with Gasteiger partial charge in [-0.15, -0.1) is 15.3 Å². The van der Waals surface area contributed by atoms with E-state index in [1.807, 2.05) is 122 Å². The lowest BCUT2D eigenvalue weighted by Crippen LogP contribution is -2.55. The summed E-state index contributed by atoms with van der Waals surface area (Å²) in [4.78, 5) is 48.3. The first-order valence-electron chi connectivity index (χ1n) is 52.1. The molecule has 3 saturated carbocycles. The van der Waals surface area contributed by atoms with E-state index >= 15 is 0 Å². The van der Waals surface area contributed by atoms with E-state index in [0.717, 1.165) is 224 Å². The van der Waals surface area contributed by atoms with Gasteiger partial charge in [-0.25, -0.2) is 35.6 Å². The maximum atomic E-state index is 13.9. The second-order valence-electron chi connectivity index (χ2n) is 44.3. The fraction of sp³-hybridized carbons (Fsp3) is 0.573. The van der Waals surface area contributed by atoms with E-state index in [0.29, 0.717) is 104 Å². The molecule has 3 amide bonds. The van der Waals surface area contributed by atoms with Crippen molar-refractivity contribution in [3.05, 3.63) is 212 Å². The predicted octanol–water partition coefficient (Wildman–Crippen LogP) is 18.0. The lowest BCUT2D eigenvalue weighted by Gasteiger charge is -2.51. The topological polar surface area (TPSA) is 313 Å². The van der Waals surface area contributed by atoms with Gasteiger partial charge in [0.2, 0.25) is 10.0 Å². The first-order valence-corrected chi connectivity index (χ1v) is 58.4. The molecule has 0 saturated heterocycles. The molecule has 774 valence electrons. The molecule has 6 aromatic carbocycles. The molecule has 3 N–H and O–H groups in total. The van der Waals surface area contributed by atoms with Gasteiger partial charge in [0, 0.05) is 138 Å². The summed E-state index contributed by atoms with van der Waals surface area (Å²) in [5.74, 6) is 10.9. The van der Waals surface area contributed by atoms with Gasteiger partial charge >= 0.3 is 0 Å². The minimum absolute atomic E-state index is 0.0849. The number of anilines is 3. The Morgan fingerprint density at radius 1 is 0.389 bits per heavy atom. The minimum atomic E-state index is -3.93. The highest BCUT2D eigenvalue weighted by molar-refractivity contribution is 7.99. The molecular weight excluding hydrogens is 1940 g/mol. The molecule has 0 radical (unpaired) electrons. The van der Waals surface area contributed by atoms with Crippen LogP contribution in [-0.4, -0.2) is 204 Å². The van der Waals surface area contributed by atoms with Crippen molar-refractivity contribution in [3.63, 3.8) is 0 Å². The molecule has 3 aromatic heterocycles. The molecule has 20 atom stereocenters. The van der Waals surface area contributed by atoms with Crippen molar-refractivity contribution in [2.24, 2.45) is 53.3 Å². The van der Waals surface area contributed by atoms with Gasteiger partial charge < -0.3 is 43.1 Å². The molecule has 2 unspecified atom stereocenters. The van der Waals surface area contributed by atoms with Crippen molar-refractivity contribution in [1.82, 2.24) is 59.1 Å². The lowest BCUT2D eigenvalue weighted by atomic mass is 9.62. The van der Waals surface area contributed by atoms with E-state index in [1.165, 1.54) is 33.4 Å². The summed E-state index contributed by atoms with van der Waals surface area (Å²) < 4.78 is 108. The summed E-state index contributed by atoms with van der Waals surface area (Å²) in [6.07, 6.45) is 33.7. The van der Waals surface area contributed by atoms with Gasteiger partial charge in [0.25, 0.3) is 17.7 Å². The molecule has 6 aliphatic carbocycles. The van der Waals surface area contributed by atoms with Crippen LogP contribution in [0.25, 0.3) is 0 Å². The molecule has 144 heavy (non-hydrogen) atoms. The van der Waals surface area contributed by atoms with Crippen molar-refractivity contribution in [2.45, 2.75) is 264 Å². The zero-order chi connectivity index (χ0) is 101. The number of carbonyl (C=O) groups excluding carboxylic acids is 3. The maximum absolute atomic E-state index is 13.9. The van der Waals surface area contributed by atoms with Crippen LogP contribution in [0.15, 0.2) is 146 Å². The number of amides is 3. The van der Waals surface area contributed by atoms with Crippen LogP contribution in [0, 0.1) is 53.3 Å². The van der Waals surface area contributed by atoms with Gasteiger partial charge in [-0.3, -0.25) is 23.8 Å². The number of nitrogens with zero attached hydrogens (tertiary/aromatic N) is 12. The number of hydrogen-bond acceptors (Lipinski definition) is 22. The third-order valence-corrected chi connectivity index (χ3v) is 43.1. The summed E-state index contributed by atoms with van der Waals surface area (Å²) in [6.45, 7) is 19.7. The van der Waals surface area contributed by atoms with Crippen molar-refractivity contribution >= 4 is 111 Å². The summed E-state index contributed by atoms with van der Waals surface area (Å²) in [5, 5.41) is 26.2. The van der Waals surface area contributed by atoms with Gasteiger partial charge in [0.15, 0.2) is 0 Å². The molecule has 12 aliphatic rings. The lowest BCUT2D eigenvalue weighted by molar-refractivity contribution is -0.127. The number of fused-ring (bicyclic) bond motifs is 12. The Labute approximate surface area is 864 Å². The van der Waals surface area contributed by atoms with E-state index in [2.05, 4.69) is 122 Å². The van der Waals surface area contributed by atoms with Crippen LogP contribution in [0.4, 0.5) is 17.1 Å². The predicted molar refractivity (Wildman–Crippen MR) is 568 cm³/mol. The molecule has 6 aliphatic heterocycles. The van der Waals surface area contributed by atoms with Crippen molar-refractivity contribution in [3.8, 4) is 17.2 Å². The largest absolute Gasteiger partial charge is 0.490 e. The van der Waals surface area contributed by atoms with Crippen molar-refractivity contribution in [1.29, 1.82) is 0 Å². The molecule has 6 bridgehead atoms. The fourth-order valence-electron chi connectivity index (χ4n) is 26.8. The number of aryl methyl sites for hydroxylation is 3. The highest BCUT2D eigenvalue weighted by Gasteiger charge is 2.56. The highest BCUT2D eigenvalue weighted by atomic mass is 35.5. The van der Waals surface area contributed by atoms with Crippen molar-refractivity contribution in [2.75, 3.05) is 95.1 Å². The van der Waals surface area contributed by atoms with E-state index in [9.17, 15) is 31.2 Å². The molecule has 34 heteroatoms. The fourth-order valence-corrected chi connectivity index (χ4v) is 31.7. The first kappa shape index (κ1) is 103. The van der Waals surface area contributed by atoms with Crippen molar-refractivity contribution < 1.29 is 59.6 Å². The van der Waals surface area contributed by atoms with Crippen LogP contribution in [0.2, 0.25) is 15.1 Å². The number of aromatic nitrogens is 9. The molecular formula is C110H142Cl3N15O13S3. The second kappa shape index (κ2) is 42.0. The first-order chi connectivity index (χ1) is 69.1. The number of hydrogen-bond donors (Lipinski definition) is 3. The molecule has 3 spiro atoms. The monoisotopic (exact) mass is 2080 g/mol. The Hall–Kier alpha value is -9.31. The van der Waals surface area contributed by atoms with Gasteiger partial charge in [0.1, 0.15) is 17.2 Å². The number of rotatable bonds is 9. The average Bonchev–Trinajstić information content (AvgIpc) is 1.69. The van der Waals surface area contributed by atoms with Crippen LogP contribution in [0.3, 0.4) is 0 Å². The highest BCUT2D eigenvalue weighted by Crippen LogP contribution is 2.56. The molecule has 9 heterocycles. The number of sulfonamides is 1. The van der Waals surface area contributed by atoms with Gasteiger partial charge in [0.05, 0.1) is 117 Å². The Morgan fingerprint density at radius 3 is 0.979 bits per heavy atom. The minimum Gasteiger partial charge on any atom is -0.490 e. The van der Waals surface area contributed by atoms with Crippen LogP contribution in [0.1, 0.15) is 241 Å². The number of ether oxygens (including phenoxy) is 6. The maximum Gasteiger partial charge on any atom is 0.264 e. The van der Waals surface area contributed by atoms with Crippen LogP contribution >= 0.6 is 34.8 Å². The van der Waals surface area contributed by atoms with Gasteiger partial charge in [-0.1, -0.05) is 109 Å². The molecule has 9 aromatic rings. The molecule has 21 rings (SSSR count). The second-order valence-corrected chi connectivity index (χ2v) is 52.5. The average molecular weight is 2080 g/mol. The van der Waals surface area contributed by atoms with E-state index in [4.69, 9.17) is 63.2 Å². The zero-order valence-electron chi connectivity index (χ0n) is 84.7. The third kappa shape index (κ3) is 20.8. The Bertz CT molecular complexity index is 5920. The number of benzene rings is 6. The summed E-state index contributed by atoms with van der Waals surface area (Å²) >= 11 is 19.4. The standard InChI is InChI=1S/2C37H48ClN5O4S.C36H46ClN5O5S/c2*1-25-7-5-16-37(46-3,23-43-18-17-39-41-43)32-12-9-29(32)21-42-22-36(15-6-8-27-19-30(38)11-13-31(27)36)24-47-34-14-10-28(20-33(34)42)35(44)40-48(4,45)26(25)2;1-24-6-4-15-36(46-3,22-42-17-16-38-40-42)31-11-8-28(31)20-41-21-35(14-5-7-26-18-29(37)10-12-30(26)35)23-47-33-13-9-27(19-32(33)41)34(43)39-48(44,45)25(24)2/h2*10-11,13-14,17-20,25-26,29,32H,4-9,12,15-16,21-24H2,1-3H3,(H,40,44,45);9-10,12-13,16-19,24-25,28,31H,4-8,11,14-15,20-23H2,1-3H3,(H,39,43)/t2*25-,26+,29-,32+,36-,37-,48?;24-,25+,28-,31+,35-,36+/m000/s1. The number of nitrogens with one attached hydrogen (secondary N) is 3. The quantitative estimate of drug-likeness (QED) is 0.113. The summed E-state index contributed by atoms with van der Waals surface area (Å²) in [7, 11) is -4.30. The molecule has 3 fully saturated rings. The Kier molecular flexibility index (Phi) is 30.1. The summed E-state index contributed by atoms with van der Waals surface area (Å²) in [6, 6.07) is 35.4. The smallest absolute Gasteiger partial charge is 0.264 e. The van der Waals surface area contributed by atoms with Crippen LogP contribution < -0.4 is 43.1 Å². The third-order valence-electron chi connectivity index (χ3n) is 36.1. The van der Waals surface area contributed by atoms with Crippen LogP contribution in [-0.2, 0) is 98.8 Å². The molecule has 28 nitrogen and oxygen atoms in total. The Morgan fingerprint density at radius 2 is 0.694 bits per heavy atom. The normalized spacial score (nSPS) is 33.2. The SMILES string of the molecule is C=S1(=O)NC(=O)c2ccc3c(c2)N(C[C@@H]2CC[C@H]2[C@](Cn2ccnn2)(OC)CCC[C@H](C)[C@H]1C)C[C@@]1(CCCc2cc(Cl)ccc21)CO3.C=S1(=O)NC(=O)c2ccc3c(c2)N(C[C@@H]2CC[C@H]2[C@](Cn2ccnn2)(OC)CCC[C@H](C)[C@H]1C)C[C@@]1(CCCc2cc(Cl)ccc21)CO3.CO[C@@]1(Cn2ccnn2)CCC[C@H](C)[C@@H](C)S(=O)(=O)NC(=O)c2ccc3c(c2)N(C[C@@H]2CC[C@H]21)C[C@@]1(CCCc2cc(Cl)ccc21)CO3. The van der Waals surface area contributed by atoms with E-state index in [-0.39, 0.29) is 62.2 Å². The van der Waals surface area contributed by atoms with Crippen LogP contribution in [0.5, 0.6) is 17.2 Å². The Balaban J connectivity index is 0.000000137. The van der Waals surface area contributed by atoms with E-state index < -0.39 is 57.4 Å².